The Kier molecular flexibility index (Phi) is 3.50. The lowest BCUT2D eigenvalue weighted by Crippen LogP contribution is -2.43. The van der Waals surface area contributed by atoms with E-state index in [9.17, 15) is 8.42 Å². The maximum absolute atomic E-state index is 11.5. The summed E-state index contributed by atoms with van der Waals surface area (Å²) in [5.41, 5.74) is 0. The molecule has 0 bridgehead atoms. The molecule has 0 amide bonds. The minimum Gasteiger partial charge on any atom is -0.284 e. The van der Waals surface area contributed by atoms with Crippen molar-refractivity contribution in [3.63, 3.8) is 0 Å². The molecule has 0 aromatic rings. The number of hydrogen-bond donors (Lipinski definition) is 0. The first-order valence-electron chi connectivity index (χ1n) is 5.95. The van der Waals surface area contributed by atoms with Crippen LogP contribution in [0.3, 0.4) is 0 Å². The SMILES string of the molecule is N#CCN(C1CCCC1)C1CCS(=O)(=O)C1. The van der Waals surface area contributed by atoms with Crippen LogP contribution in [0, 0.1) is 11.3 Å². The molecule has 1 saturated heterocycles. The number of rotatable bonds is 3. The lowest BCUT2D eigenvalue weighted by Gasteiger charge is -2.31. The Hall–Kier alpha value is -0.600. The lowest BCUT2D eigenvalue weighted by atomic mass is 10.1. The molecule has 1 unspecified atom stereocenters. The van der Waals surface area contributed by atoms with Gasteiger partial charge in [0.2, 0.25) is 0 Å². The minimum atomic E-state index is -2.84. The van der Waals surface area contributed by atoms with Gasteiger partial charge in [0.05, 0.1) is 24.1 Å². The summed E-state index contributed by atoms with van der Waals surface area (Å²) in [5, 5.41) is 8.85. The lowest BCUT2D eigenvalue weighted by molar-refractivity contribution is 0.169. The number of sulfone groups is 1. The maximum atomic E-state index is 11.5. The predicted octanol–water partition coefficient (Wildman–Crippen LogP) is 0.942. The summed E-state index contributed by atoms with van der Waals surface area (Å²) in [6.45, 7) is 0.380. The van der Waals surface area contributed by atoms with Crippen molar-refractivity contribution < 1.29 is 8.42 Å². The van der Waals surface area contributed by atoms with E-state index in [2.05, 4.69) is 11.0 Å². The molecule has 0 spiro atoms. The third-order valence-corrected chi connectivity index (χ3v) is 5.47. The van der Waals surface area contributed by atoms with Crippen molar-refractivity contribution in [2.75, 3.05) is 18.1 Å². The highest BCUT2D eigenvalue weighted by atomic mass is 32.2. The Bertz CT molecular complexity index is 379. The summed E-state index contributed by atoms with van der Waals surface area (Å²) in [7, 11) is -2.84. The first-order valence-corrected chi connectivity index (χ1v) is 7.77. The molecule has 90 valence electrons. The summed E-state index contributed by atoms with van der Waals surface area (Å²) in [6.07, 6.45) is 5.38. The van der Waals surface area contributed by atoms with Crippen molar-refractivity contribution in [1.29, 1.82) is 5.26 Å². The second kappa shape index (κ2) is 4.72. The Labute approximate surface area is 97.2 Å². The van der Waals surface area contributed by atoms with Gasteiger partial charge in [-0.25, -0.2) is 8.42 Å². The van der Waals surface area contributed by atoms with Crippen LogP contribution in [0.15, 0.2) is 0 Å². The van der Waals surface area contributed by atoms with Gasteiger partial charge in [0.15, 0.2) is 9.84 Å². The Morgan fingerprint density at radius 3 is 2.38 bits per heavy atom. The minimum absolute atomic E-state index is 0.0905. The molecule has 2 rings (SSSR count). The average molecular weight is 242 g/mol. The monoisotopic (exact) mass is 242 g/mol. The van der Waals surface area contributed by atoms with Crippen molar-refractivity contribution in [2.45, 2.75) is 44.2 Å². The number of nitriles is 1. The van der Waals surface area contributed by atoms with Crippen molar-refractivity contribution >= 4 is 9.84 Å². The number of hydrogen-bond acceptors (Lipinski definition) is 4. The van der Waals surface area contributed by atoms with E-state index in [1.165, 1.54) is 12.8 Å². The van der Waals surface area contributed by atoms with Crippen LogP contribution in [-0.4, -0.2) is 43.5 Å². The van der Waals surface area contributed by atoms with Gasteiger partial charge in [-0.2, -0.15) is 5.26 Å². The third-order valence-electron chi connectivity index (χ3n) is 3.72. The summed E-state index contributed by atoms with van der Waals surface area (Å²) in [5.74, 6) is 0.553. The summed E-state index contributed by atoms with van der Waals surface area (Å²) < 4.78 is 22.9. The van der Waals surface area contributed by atoms with Crippen LogP contribution in [0.1, 0.15) is 32.1 Å². The molecular formula is C11H18N2O2S. The standard InChI is InChI=1S/C11H18N2O2S/c12-6-7-13(10-3-1-2-4-10)11-5-8-16(14,15)9-11/h10-11H,1-5,7-9H2. The molecule has 5 heteroatoms. The molecule has 1 saturated carbocycles. The van der Waals surface area contributed by atoms with Gasteiger partial charge < -0.3 is 0 Å². The largest absolute Gasteiger partial charge is 0.284 e. The summed E-state index contributed by atoms with van der Waals surface area (Å²) in [6, 6.07) is 2.71. The zero-order valence-electron chi connectivity index (χ0n) is 9.43. The summed E-state index contributed by atoms with van der Waals surface area (Å²) >= 11 is 0. The molecule has 1 atom stereocenters. The summed E-state index contributed by atoms with van der Waals surface area (Å²) in [4.78, 5) is 2.14. The average Bonchev–Trinajstić information content (AvgIpc) is 2.83. The fourth-order valence-electron chi connectivity index (χ4n) is 2.91. The van der Waals surface area contributed by atoms with E-state index >= 15 is 0 Å². The molecule has 4 nitrogen and oxygen atoms in total. The maximum Gasteiger partial charge on any atom is 0.151 e. The van der Waals surface area contributed by atoms with Crippen LogP contribution in [0.2, 0.25) is 0 Å². The van der Waals surface area contributed by atoms with Crippen molar-refractivity contribution in [3.8, 4) is 6.07 Å². The quantitative estimate of drug-likeness (QED) is 0.691. The molecule has 0 aromatic carbocycles. The van der Waals surface area contributed by atoms with Crippen LogP contribution in [0.5, 0.6) is 0 Å². The fraction of sp³-hybridized carbons (Fsp3) is 0.909. The molecule has 1 heterocycles. The predicted molar refractivity (Wildman–Crippen MR) is 61.6 cm³/mol. The molecule has 16 heavy (non-hydrogen) atoms. The Morgan fingerprint density at radius 2 is 1.88 bits per heavy atom. The van der Waals surface area contributed by atoms with E-state index < -0.39 is 9.84 Å². The number of nitrogens with zero attached hydrogens (tertiary/aromatic N) is 2. The van der Waals surface area contributed by atoms with Crippen LogP contribution < -0.4 is 0 Å². The Morgan fingerprint density at radius 1 is 1.19 bits per heavy atom. The van der Waals surface area contributed by atoms with Gasteiger partial charge in [-0.15, -0.1) is 0 Å². The van der Waals surface area contributed by atoms with E-state index in [0.717, 1.165) is 12.8 Å². The molecule has 0 aromatic heterocycles. The van der Waals surface area contributed by atoms with Gasteiger partial charge >= 0.3 is 0 Å². The first-order chi connectivity index (χ1) is 7.62. The molecular weight excluding hydrogens is 224 g/mol. The normalized spacial score (nSPS) is 29.6. The van der Waals surface area contributed by atoms with Crippen molar-refractivity contribution in [1.82, 2.24) is 4.90 Å². The van der Waals surface area contributed by atoms with Gasteiger partial charge in [-0.1, -0.05) is 12.8 Å². The fourth-order valence-corrected chi connectivity index (χ4v) is 4.65. The smallest absolute Gasteiger partial charge is 0.151 e. The van der Waals surface area contributed by atoms with Gasteiger partial charge in [-0.05, 0) is 19.3 Å². The molecule has 0 radical (unpaired) electrons. The van der Waals surface area contributed by atoms with Crippen LogP contribution >= 0.6 is 0 Å². The second-order valence-electron chi connectivity index (χ2n) is 4.83. The van der Waals surface area contributed by atoms with Crippen molar-refractivity contribution in [3.05, 3.63) is 0 Å². The van der Waals surface area contributed by atoms with Crippen molar-refractivity contribution in [2.24, 2.45) is 0 Å². The van der Waals surface area contributed by atoms with E-state index in [1.54, 1.807) is 0 Å². The third kappa shape index (κ3) is 2.55. The highest BCUT2D eigenvalue weighted by molar-refractivity contribution is 7.91. The second-order valence-corrected chi connectivity index (χ2v) is 7.05. The zero-order valence-corrected chi connectivity index (χ0v) is 10.2. The topological polar surface area (TPSA) is 61.2 Å². The highest BCUT2D eigenvalue weighted by Crippen LogP contribution is 2.28. The molecule has 0 N–H and O–H groups in total. The molecule has 1 aliphatic carbocycles. The zero-order chi connectivity index (χ0) is 11.6. The van der Waals surface area contributed by atoms with Gasteiger partial charge in [-0.3, -0.25) is 4.90 Å². The van der Waals surface area contributed by atoms with Gasteiger partial charge in [0.1, 0.15) is 0 Å². The molecule has 2 fully saturated rings. The van der Waals surface area contributed by atoms with E-state index in [4.69, 9.17) is 5.26 Å². The van der Waals surface area contributed by atoms with E-state index in [1.807, 2.05) is 0 Å². The van der Waals surface area contributed by atoms with E-state index in [0.29, 0.717) is 24.8 Å². The molecule has 2 aliphatic rings. The first kappa shape index (κ1) is 11.9. The van der Waals surface area contributed by atoms with Gasteiger partial charge in [0, 0.05) is 12.1 Å². The van der Waals surface area contributed by atoms with E-state index in [-0.39, 0.29) is 11.8 Å². The van der Waals surface area contributed by atoms with Gasteiger partial charge in [0.25, 0.3) is 0 Å². The van der Waals surface area contributed by atoms with Crippen LogP contribution in [0.4, 0.5) is 0 Å². The van der Waals surface area contributed by atoms with Crippen LogP contribution in [0.25, 0.3) is 0 Å². The molecule has 1 aliphatic heterocycles. The Balaban J connectivity index is 2.05. The highest BCUT2D eigenvalue weighted by Gasteiger charge is 2.36. The van der Waals surface area contributed by atoms with Crippen LogP contribution in [-0.2, 0) is 9.84 Å².